The molecule has 1 N–H and O–H groups in total. The van der Waals surface area contributed by atoms with Gasteiger partial charge in [-0.3, -0.25) is 14.6 Å². The van der Waals surface area contributed by atoms with Crippen molar-refractivity contribution < 1.29 is 0 Å². The number of hydrogen-bond acceptors (Lipinski definition) is 1. The molecule has 0 aliphatic carbocycles. The highest BCUT2D eigenvalue weighted by Gasteiger charge is 2.02. The number of H-pyrrole nitrogens is 1. The Morgan fingerprint density at radius 1 is 1.58 bits per heavy atom. The lowest BCUT2D eigenvalue weighted by Gasteiger charge is -2.03. The Balaban J connectivity index is 2.82. The van der Waals surface area contributed by atoms with Gasteiger partial charge in [-0.05, 0) is 12.3 Å². The van der Waals surface area contributed by atoms with Gasteiger partial charge in [-0.1, -0.05) is 20.8 Å². The number of nitrogens with zero attached hydrogens (tertiary/aromatic N) is 1. The molecule has 68 valence electrons. The van der Waals surface area contributed by atoms with Gasteiger partial charge in [0.05, 0.1) is 0 Å². The monoisotopic (exact) mass is 168 g/mol. The second-order valence-electron chi connectivity index (χ2n) is 3.50. The molecule has 0 saturated heterocycles. The van der Waals surface area contributed by atoms with E-state index in [2.05, 4.69) is 18.9 Å². The van der Waals surface area contributed by atoms with E-state index < -0.39 is 0 Å². The third kappa shape index (κ3) is 2.00. The van der Waals surface area contributed by atoms with Gasteiger partial charge in [0.15, 0.2) is 0 Å². The molecule has 0 amide bonds. The molecule has 1 aromatic rings. The number of hydrogen-bond donors (Lipinski definition) is 1. The smallest absolute Gasteiger partial charge is 0.267 e. The summed E-state index contributed by atoms with van der Waals surface area (Å²) >= 11 is 0. The summed E-state index contributed by atoms with van der Waals surface area (Å²) in [7, 11) is 0. The highest BCUT2D eigenvalue weighted by molar-refractivity contribution is 5.03. The van der Waals surface area contributed by atoms with Gasteiger partial charge in [-0.2, -0.15) is 0 Å². The van der Waals surface area contributed by atoms with E-state index in [1.165, 1.54) is 0 Å². The quantitative estimate of drug-likeness (QED) is 0.727. The number of aromatic amines is 1. The molecule has 0 aromatic carbocycles. The van der Waals surface area contributed by atoms with Crippen LogP contribution < -0.4 is 5.56 Å². The lowest BCUT2D eigenvalue weighted by molar-refractivity contribution is 0.480. The summed E-state index contributed by atoms with van der Waals surface area (Å²) in [4.78, 5) is 11.2. The molecule has 3 heteroatoms. The Kier molecular flexibility index (Phi) is 2.74. The summed E-state index contributed by atoms with van der Waals surface area (Å²) in [6.45, 7) is 7.13. The van der Waals surface area contributed by atoms with E-state index in [0.29, 0.717) is 5.92 Å². The first-order valence-electron chi connectivity index (χ1n) is 4.41. The van der Waals surface area contributed by atoms with Gasteiger partial charge in [0.1, 0.15) is 0 Å². The third-order valence-corrected chi connectivity index (χ3v) is 1.79. The summed E-state index contributed by atoms with van der Waals surface area (Å²) in [5, 5.41) is 2.79. The zero-order valence-corrected chi connectivity index (χ0v) is 7.92. The maximum atomic E-state index is 11.2. The minimum absolute atomic E-state index is 0.0538. The minimum atomic E-state index is 0.0538. The Hall–Kier alpha value is -0.990. The second kappa shape index (κ2) is 3.61. The Morgan fingerprint density at radius 3 is 2.67 bits per heavy atom. The highest BCUT2D eigenvalue weighted by atomic mass is 16.1. The van der Waals surface area contributed by atoms with Crippen molar-refractivity contribution in [2.24, 2.45) is 5.92 Å². The lowest BCUT2D eigenvalue weighted by atomic mass is 10.2. The molecule has 0 saturated carbocycles. The average Bonchev–Trinajstić information content (AvgIpc) is 2.29. The van der Waals surface area contributed by atoms with Gasteiger partial charge in [0.2, 0.25) is 0 Å². The summed E-state index contributed by atoms with van der Waals surface area (Å²) in [6, 6.07) is 0. The fourth-order valence-corrected chi connectivity index (χ4v) is 1.22. The lowest BCUT2D eigenvalue weighted by Crippen LogP contribution is -2.10. The van der Waals surface area contributed by atoms with Crippen molar-refractivity contribution in [1.82, 2.24) is 9.78 Å². The molecule has 0 bridgehead atoms. The zero-order valence-electron chi connectivity index (χ0n) is 7.92. The molecular formula is C9H16N2O. The molecule has 0 unspecified atom stereocenters. The molecule has 0 fully saturated rings. The third-order valence-electron chi connectivity index (χ3n) is 1.79. The predicted molar refractivity (Wildman–Crippen MR) is 49.3 cm³/mol. The SMILES string of the molecule is CCc1cn(CC(C)C)[nH]c1=O. The van der Waals surface area contributed by atoms with Gasteiger partial charge >= 0.3 is 0 Å². The molecule has 0 aliphatic rings. The van der Waals surface area contributed by atoms with E-state index in [9.17, 15) is 4.79 Å². The van der Waals surface area contributed by atoms with Crippen LogP contribution in [0.1, 0.15) is 26.3 Å². The zero-order chi connectivity index (χ0) is 9.14. The molecule has 1 heterocycles. The first-order chi connectivity index (χ1) is 5.63. The van der Waals surface area contributed by atoms with Crippen molar-refractivity contribution in [2.45, 2.75) is 33.7 Å². The van der Waals surface area contributed by atoms with Gasteiger partial charge in [0.25, 0.3) is 5.56 Å². The number of rotatable bonds is 3. The van der Waals surface area contributed by atoms with Crippen molar-refractivity contribution in [2.75, 3.05) is 0 Å². The van der Waals surface area contributed by atoms with Crippen LogP contribution in [0.25, 0.3) is 0 Å². The maximum absolute atomic E-state index is 11.2. The van der Waals surface area contributed by atoms with Crippen molar-refractivity contribution in [1.29, 1.82) is 0 Å². The van der Waals surface area contributed by atoms with Gasteiger partial charge in [-0.15, -0.1) is 0 Å². The van der Waals surface area contributed by atoms with Gasteiger partial charge < -0.3 is 0 Å². The Labute approximate surface area is 72.4 Å². The van der Waals surface area contributed by atoms with E-state index >= 15 is 0 Å². The Morgan fingerprint density at radius 2 is 2.25 bits per heavy atom. The molecule has 12 heavy (non-hydrogen) atoms. The van der Waals surface area contributed by atoms with E-state index in [1.807, 2.05) is 17.8 Å². The fourth-order valence-electron chi connectivity index (χ4n) is 1.22. The largest absolute Gasteiger partial charge is 0.292 e. The van der Waals surface area contributed by atoms with Gasteiger partial charge in [-0.25, -0.2) is 0 Å². The summed E-state index contributed by atoms with van der Waals surface area (Å²) in [6.07, 6.45) is 2.71. The molecule has 1 aromatic heterocycles. The van der Waals surface area contributed by atoms with Crippen LogP contribution in [0, 0.1) is 5.92 Å². The number of aromatic nitrogens is 2. The predicted octanol–water partition coefficient (Wildman–Crippen LogP) is 1.39. The van der Waals surface area contributed by atoms with Crippen LogP contribution in [-0.2, 0) is 13.0 Å². The van der Waals surface area contributed by atoms with Crippen molar-refractivity contribution >= 4 is 0 Å². The molecular weight excluding hydrogens is 152 g/mol. The van der Waals surface area contributed by atoms with E-state index in [1.54, 1.807) is 0 Å². The van der Waals surface area contributed by atoms with Crippen LogP contribution >= 0.6 is 0 Å². The molecule has 1 rings (SSSR count). The van der Waals surface area contributed by atoms with E-state index in [4.69, 9.17) is 0 Å². The second-order valence-corrected chi connectivity index (χ2v) is 3.50. The van der Waals surface area contributed by atoms with Crippen LogP contribution in [0.2, 0.25) is 0 Å². The van der Waals surface area contributed by atoms with E-state index in [-0.39, 0.29) is 5.56 Å². The molecule has 0 spiro atoms. The summed E-state index contributed by atoms with van der Waals surface area (Å²) in [5.74, 6) is 0.567. The standard InChI is InChI=1S/C9H16N2O/c1-4-8-6-11(5-7(2)3)10-9(8)12/h6-7H,4-5H2,1-3H3,(H,10,12). The Bertz CT molecular complexity index is 296. The maximum Gasteiger partial charge on any atom is 0.267 e. The topological polar surface area (TPSA) is 37.8 Å². The molecule has 3 nitrogen and oxygen atoms in total. The van der Waals surface area contributed by atoms with Crippen LogP contribution in [0.15, 0.2) is 11.0 Å². The number of aryl methyl sites for hydroxylation is 1. The minimum Gasteiger partial charge on any atom is -0.292 e. The number of nitrogens with one attached hydrogen (secondary N) is 1. The highest BCUT2D eigenvalue weighted by Crippen LogP contribution is 1.98. The van der Waals surface area contributed by atoms with Crippen LogP contribution in [0.3, 0.4) is 0 Å². The molecule has 0 atom stereocenters. The van der Waals surface area contributed by atoms with Crippen molar-refractivity contribution in [3.63, 3.8) is 0 Å². The first kappa shape index (κ1) is 9.10. The van der Waals surface area contributed by atoms with Gasteiger partial charge in [0, 0.05) is 18.3 Å². The molecule has 0 aliphatic heterocycles. The van der Waals surface area contributed by atoms with E-state index in [0.717, 1.165) is 18.5 Å². The summed E-state index contributed by atoms with van der Waals surface area (Å²) < 4.78 is 1.87. The van der Waals surface area contributed by atoms with Crippen molar-refractivity contribution in [3.05, 3.63) is 22.1 Å². The van der Waals surface area contributed by atoms with Crippen LogP contribution in [0.5, 0.6) is 0 Å². The molecule has 0 radical (unpaired) electrons. The van der Waals surface area contributed by atoms with Crippen LogP contribution in [-0.4, -0.2) is 9.78 Å². The normalized spacial score (nSPS) is 11.0. The first-order valence-corrected chi connectivity index (χ1v) is 4.41. The average molecular weight is 168 g/mol. The fraction of sp³-hybridized carbons (Fsp3) is 0.667. The van der Waals surface area contributed by atoms with Crippen molar-refractivity contribution in [3.8, 4) is 0 Å². The van der Waals surface area contributed by atoms with Crippen LogP contribution in [0.4, 0.5) is 0 Å². The summed E-state index contributed by atoms with van der Waals surface area (Å²) in [5.41, 5.74) is 0.925.